The summed E-state index contributed by atoms with van der Waals surface area (Å²) in [6.45, 7) is 4.99. The second kappa shape index (κ2) is 5.05. The smallest absolute Gasteiger partial charge is 0.153 e. The molecule has 1 aromatic rings. The topological polar surface area (TPSA) is 18.5 Å². The Labute approximate surface area is 121 Å². The number of nitrogens with zero attached hydrogens (tertiary/aromatic N) is 2. The first-order valence-electron chi connectivity index (χ1n) is 8.25. The van der Waals surface area contributed by atoms with Crippen LogP contribution in [0.25, 0.3) is 0 Å². The van der Waals surface area contributed by atoms with E-state index in [1.54, 1.807) is 0 Å². The highest BCUT2D eigenvalue weighted by atomic mass is 15.5. The number of nitrogens with one attached hydrogen (secondary N) is 1. The van der Waals surface area contributed by atoms with Crippen molar-refractivity contribution >= 4 is 5.69 Å². The van der Waals surface area contributed by atoms with Gasteiger partial charge in [-0.25, -0.2) is 0 Å². The highest BCUT2D eigenvalue weighted by Gasteiger charge is 2.47. The largest absolute Gasteiger partial charge is 0.354 e. The summed E-state index contributed by atoms with van der Waals surface area (Å²) in [5.41, 5.74) is 2.84. The molecule has 1 unspecified atom stereocenters. The second-order valence-electron chi connectivity index (χ2n) is 6.52. The Morgan fingerprint density at radius 1 is 0.800 bits per heavy atom. The third kappa shape index (κ3) is 1.95. The lowest BCUT2D eigenvalue weighted by atomic mass is 10.0. The van der Waals surface area contributed by atoms with Gasteiger partial charge in [0.2, 0.25) is 0 Å². The number of rotatable bonds is 2. The Hall–Kier alpha value is -1.06. The summed E-state index contributed by atoms with van der Waals surface area (Å²) in [7, 11) is 0. The molecular weight excluding hydrogens is 246 g/mol. The van der Waals surface area contributed by atoms with Crippen molar-refractivity contribution < 1.29 is 0 Å². The minimum absolute atomic E-state index is 0.0700. The Morgan fingerprint density at radius 2 is 1.40 bits per heavy atom. The zero-order chi connectivity index (χ0) is 13.4. The minimum Gasteiger partial charge on any atom is -0.354 e. The summed E-state index contributed by atoms with van der Waals surface area (Å²) in [5.74, 6) is 0.0700. The number of hydrogen-bond donors (Lipinski definition) is 1. The molecule has 1 aromatic carbocycles. The number of piperidine rings is 1. The van der Waals surface area contributed by atoms with Crippen LogP contribution in [-0.4, -0.2) is 41.8 Å². The molecular formula is C17H25N3. The molecule has 0 radical (unpaired) electrons. The number of benzene rings is 1. The Bertz CT molecular complexity index is 448. The molecule has 3 aliphatic rings. The normalized spacial score (nSPS) is 31.2. The molecule has 3 nitrogen and oxygen atoms in total. The maximum absolute atomic E-state index is 3.91. The SMILES string of the molecule is c1ccc2c(c1)CC(N1CCCCC1)(N1CCCC1)N2. The predicted molar refractivity (Wildman–Crippen MR) is 82.7 cm³/mol. The van der Waals surface area contributed by atoms with Gasteiger partial charge >= 0.3 is 0 Å². The standard InChI is InChI=1S/C17H25N3/c1-4-10-19(11-5-1)17(20-12-6-7-13-20)14-15-8-2-3-9-16(15)18-17/h2-3,8-9,18H,1,4-7,10-14H2. The van der Waals surface area contributed by atoms with Crippen LogP contribution in [0.4, 0.5) is 5.69 Å². The highest BCUT2D eigenvalue weighted by Crippen LogP contribution is 2.39. The van der Waals surface area contributed by atoms with Gasteiger partial charge in [-0.3, -0.25) is 9.80 Å². The van der Waals surface area contributed by atoms with Crippen LogP contribution in [-0.2, 0) is 6.42 Å². The molecule has 2 fully saturated rings. The van der Waals surface area contributed by atoms with E-state index < -0.39 is 0 Å². The number of likely N-dealkylation sites (tertiary alicyclic amines) is 2. The van der Waals surface area contributed by atoms with E-state index in [0.717, 1.165) is 6.42 Å². The molecule has 0 aromatic heterocycles. The van der Waals surface area contributed by atoms with Gasteiger partial charge in [0.1, 0.15) is 0 Å². The molecule has 0 aliphatic carbocycles. The van der Waals surface area contributed by atoms with Crippen molar-refractivity contribution in [3.05, 3.63) is 29.8 Å². The fourth-order valence-corrected chi connectivity index (χ4v) is 4.25. The van der Waals surface area contributed by atoms with Gasteiger partial charge in [-0.15, -0.1) is 0 Å². The van der Waals surface area contributed by atoms with Crippen molar-refractivity contribution in [3.8, 4) is 0 Å². The van der Waals surface area contributed by atoms with E-state index in [2.05, 4.69) is 39.4 Å². The van der Waals surface area contributed by atoms with Crippen LogP contribution in [0.5, 0.6) is 0 Å². The lowest BCUT2D eigenvalue weighted by Gasteiger charge is -2.49. The summed E-state index contributed by atoms with van der Waals surface area (Å²) in [6, 6.07) is 8.88. The molecule has 3 heterocycles. The maximum atomic E-state index is 3.91. The lowest BCUT2D eigenvalue weighted by molar-refractivity contribution is -0.0304. The van der Waals surface area contributed by atoms with Crippen molar-refractivity contribution in [3.63, 3.8) is 0 Å². The van der Waals surface area contributed by atoms with Crippen molar-refractivity contribution in [1.82, 2.24) is 9.80 Å². The average Bonchev–Trinajstić information content (AvgIpc) is 3.16. The van der Waals surface area contributed by atoms with E-state index in [9.17, 15) is 0 Å². The van der Waals surface area contributed by atoms with Crippen molar-refractivity contribution in [1.29, 1.82) is 0 Å². The number of fused-ring (bicyclic) bond motifs is 1. The van der Waals surface area contributed by atoms with Crippen LogP contribution >= 0.6 is 0 Å². The fraction of sp³-hybridized carbons (Fsp3) is 0.647. The van der Waals surface area contributed by atoms with Gasteiger partial charge in [-0.1, -0.05) is 24.6 Å². The van der Waals surface area contributed by atoms with Crippen LogP contribution < -0.4 is 5.32 Å². The van der Waals surface area contributed by atoms with Crippen LogP contribution in [0.15, 0.2) is 24.3 Å². The molecule has 3 heteroatoms. The molecule has 0 amide bonds. The highest BCUT2D eigenvalue weighted by molar-refractivity contribution is 5.58. The zero-order valence-corrected chi connectivity index (χ0v) is 12.3. The molecule has 2 saturated heterocycles. The monoisotopic (exact) mass is 271 g/mol. The van der Waals surface area contributed by atoms with Crippen molar-refractivity contribution in [2.24, 2.45) is 0 Å². The summed E-state index contributed by atoms with van der Waals surface area (Å²) in [4.78, 5) is 5.43. The molecule has 0 bridgehead atoms. The number of para-hydroxylation sites is 1. The first-order chi connectivity index (χ1) is 9.88. The zero-order valence-electron chi connectivity index (χ0n) is 12.3. The quantitative estimate of drug-likeness (QED) is 0.892. The predicted octanol–water partition coefficient (Wildman–Crippen LogP) is 2.89. The van der Waals surface area contributed by atoms with Gasteiger partial charge in [0, 0.05) is 38.3 Å². The Kier molecular flexibility index (Phi) is 3.20. The summed E-state index contributed by atoms with van der Waals surface area (Å²) >= 11 is 0. The number of hydrogen-bond acceptors (Lipinski definition) is 3. The van der Waals surface area contributed by atoms with Crippen molar-refractivity contribution in [2.75, 3.05) is 31.5 Å². The van der Waals surface area contributed by atoms with E-state index >= 15 is 0 Å². The molecule has 4 rings (SSSR count). The molecule has 108 valence electrons. The second-order valence-corrected chi connectivity index (χ2v) is 6.52. The van der Waals surface area contributed by atoms with Crippen LogP contribution in [0, 0.1) is 0 Å². The van der Waals surface area contributed by atoms with Gasteiger partial charge in [-0.05, 0) is 37.3 Å². The Balaban J connectivity index is 1.68. The van der Waals surface area contributed by atoms with Crippen LogP contribution in [0.3, 0.4) is 0 Å². The van der Waals surface area contributed by atoms with Gasteiger partial charge < -0.3 is 5.32 Å². The molecule has 3 aliphatic heterocycles. The molecule has 0 saturated carbocycles. The summed E-state index contributed by atoms with van der Waals surface area (Å²) < 4.78 is 0. The third-order valence-electron chi connectivity index (χ3n) is 5.30. The van der Waals surface area contributed by atoms with Gasteiger partial charge in [-0.2, -0.15) is 0 Å². The minimum atomic E-state index is 0.0700. The third-order valence-corrected chi connectivity index (χ3v) is 5.30. The summed E-state index contributed by atoms with van der Waals surface area (Å²) in [5, 5.41) is 3.91. The first-order valence-corrected chi connectivity index (χ1v) is 8.25. The van der Waals surface area contributed by atoms with E-state index in [4.69, 9.17) is 0 Å². The molecule has 20 heavy (non-hydrogen) atoms. The van der Waals surface area contributed by atoms with Crippen molar-refractivity contribution in [2.45, 2.75) is 44.3 Å². The van der Waals surface area contributed by atoms with Gasteiger partial charge in [0.05, 0.1) is 0 Å². The van der Waals surface area contributed by atoms with Crippen LogP contribution in [0.1, 0.15) is 37.7 Å². The van der Waals surface area contributed by atoms with Gasteiger partial charge in [0.15, 0.2) is 5.79 Å². The van der Waals surface area contributed by atoms with E-state index in [1.807, 2.05) is 0 Å². The van der Waals surface area contributed by atoms with Crippen LogP contribution in [0.2, 0.25) is 0 Å². The molecule has 0 spiro atoms. The fourth-order valence-electron chi connectivity index (χ4n) is 4.25. The maximum Gasteiger partial charge on any atom is 0.153 e. The molecule has 1 N–H and O–H groups in total. The van der Waals surface area contributed by atoms with E-state index in [1.165, 1.54) is 69.5 Å². The first kappa shape index (κ1) is 12.7. The average molecular weight is 271 g/mol. The van der Waals surface area contributed by atoms with E-state index in [0.29, 0.717) is 0 Å². The lowest BCUT2D eigenvalue weighted by Crippen LogP contribution is -2.65. The van der Waals surface area contributed by atoms with Gasteiger partial charge in [0.25, 0.3) is 0 Å². The van der Waals surface area contributed by atoms with E-state index in [-0.39, 0.29) is 5.79 Å². The Morgan fingerprint density at radius 3 is 2.05 bits per heavy atom. The molecule has 1 atom stereocenters. The number of anilines is 1. The summed E-state index contributed by atoms with van der Waals surface area (Å²) in [6.07, 6.45) is 7.96.